The Hall–Kier alpha value is -0.810. The Kier molecular flexibility index (Phi) is 4.52. The van der Waals surface area contributed by atoms with Crippen LogP contribution in [0.1, 0.15) is 19.3 Å². The second-order valence-electron chi connectivity index (χ2n) is 4.18. The zero-order valence-corrected chi connectivity index (χ0v) is 11.7. The predicted molar refractivity (Wildman–Crippen MR) is 62.3 cm³/mol. The Labute approximate surface area is 110 Å². The van der Waals surface area contributed by atoms with Gasteiger partial charge in [-0.3, -0.25) is 4.79 Å². The molecule has 1 amide bonds. The molecule has 1 fully saturated rings. The van der Waals surface area contributed by atoms with Gasteiger partial charge in [0.05, 0.1) is 6.26 Å². The summed E-state index contributed by atoms with van der Waals surface area (Å²) < 4.78 is 73.4. The van der Waals surface area contributed by atoms with Gasteiger partial charge in [-0.1, -0.05) is 6.42 Å². The van der Waals surface area contributed by atoms with E-state index in [2.05, 4.69) is 0 Å². The van der Waals surface area contributed by atoms with Crippen LogP contribution in [0.3, 0.4) is 0 Å². The largest absolute Gasteiger partial charge is 0.436 e. The van der Waals surface area contributed by atoms with Crippen molar-refractivity contribution in [1.29, 1.82) is 0 Å². The summed E-state index contributed by atoms with van der Waals surface area (Å²) in [5.74, 6) is -2.36. The van der Waals surface area contributed by atoms with Crippen molar-refractivity contribution in [2.24, 2.45) is 0 Å². The lowest BCUT2D eigenvalue weighted by molar-refractivity contribution is -0.133. The van der Waals surface area contributed by atoms with Gasteiger partial charge in [-0.15, -0.1) is 0 Å². The number of rotatable bonds is 4. The molecule has 1 heterocycles. The first-order valence-electron chi connectivity index (χ1n) is 5.38. The number of hydrogen-bond acceptors (Lipinski definition) is 5. The average molecular weight is 320 g/mol. The summed E-state index contributed by atoms with van der Waals surface area (Å²) >= 11 is 0. The monoisotopic (exact) mass is 320 g/mol. The molecule has 7 nitrogen and oxygen atoms in total. The summed E-state index contributed by atoms with van der Waals surface area (Å²) in [5.41, 5.74) is 0. The normalized spacial score (nSPS) is 19.1. The van der Waals surface area contributed by atoms with Crippen molar-refractivity contribution in [3.05, 3.63) is 0 Å². The summed E-state index contributed by atoms with van der Waals surface area (Å²) in [5, 5.41) is -4.81. The maximum atomic E-state index is 13.6. The van der Waals surface area contributed by atoms with Crippen molar-refractivity contribution in [2.75, 3.05) is 19.3 Å². The maximum Gasteiger partial charge on any atom is 0.436 e. The molecule has 112 valence electrons. The minimum Gasteiger partial charge on any atom is -0.266 e. The van der Waals surface area contributed by atoms with Crippen LogP contribution in [0, 0.1) is 0 Å². The number of amides is 1. The average Bonchev–Trinajstić information content (AvgIpc) is 2.27. The van der Waals surface area contributed by atoms with Crippen molar-refractivity contribution in [3.63, 3.8) is 0 Å². The van der Waals surface area contributed by atoms with E-state index in [0.29, 0.717) is 29.8 Å². The summed E-state index contributed by atoms with van der Waals surface area (Å²) in [4.78, 5) is 11.1. The van der Waals surface area contributed by atoms with Crippen molar-refractivity contribution < 1.29 is 30.4 Å². The van der Waals surface area contributed by atoms with E-state index in [1.165, 1.54) is 0 Å². The van der Waals surface area contributed by atoms with E-state index >= 15 is 0 Å². The molecule has 19 heavy (non-hydrogen) atoms. The van der Waals surface area contributed by atoms with Gasteiger partial charge in [0.25, 0.3) is 10.0 Å². The summed E-state index contributed by atoms with van der Waals surface area (Å²) in [6, 6.07) is 0. The highest BCUT2D eigenvalue weighted by Gasteiger charge is 2.56. The molecule has 0 aromatic heterocycles. The van der Waals surface area contributed by atoms with E-state index < -0.39 is 31.2 Å². The number of hydrogen-bond donors (Lipinski definition) is 1. The molecule has 0 saturated carbocycles. The van der Waals surface area contributed by atoms with E-state index in [9.17, 15) is 30.4 Å². The van der Waals surface area contributed by atoms with Gasteiger partial charge in [-0.05, 0) is 12.8 Å². The van der Waals surface area contributed by atoms with Crippen LogP contribution in [-0.2, 0) is 24.8 Å². The van der Waals surface area contributed by atoms with E-state index in [1.807, 2.05) is 0 Å². The quantitative estimate of drug-likeness (QED) is 0.750. The third-order valence-electron chi connectivity index (χ3n) is 2.52. The van der Waals surface area contributed by atoms with Gasteiger partial charge >= 0.3 is 11.2 Å². The van der Waals surface area contributed by atoms with Crippen molar-refractivity contribution in [2.45, 2.75) is 24.5 Å². The van der Waals surface area contributed by atoms with Gasteiger partial charge in [-0.2, -0.15) is 13.1 Å². The molecule has 1 rings (SSSR count). The zero-order valence-electron chi connectivity index (χ0n) is 10.1. The van der Waals surface area contributed by atoms with Crippen LogP contribution in [-0.4, -0.2) is 51.6 Å². The number of nitrogens with one attached hydrogen (secondary N) is 1. The van der Waals surface area contributed by atoms with Crippen LogP contribution in [0.4, 0.5) is 8.78 Å². The van der Waals surface area contributed by atoms with Gasteiger partial charge in [0.1, 0.15) is 0 Å². The van der Waals surface area contributed by atoms with E-state index in [4.69, 9.17) is 0 Å². The molecule has 1 aliphatic heterocycles. The molecule has 0 bridgehead atoms. The van der Waals surface area contributed by atoms with Crippen molar-refractivity contribution in [3.8, 4) is 0 Å². The molecule has 1 N–H and O–H groups in total. The number of carbonyl (C=O) groups excluding carboxylic acids is 1. The van der Waals surface area contributed by atoms with Crippen molar-refractivity contribution in [1.82, 2.24) is 9.03 Å². The predicted octanol–water partition coefficient (Wildman–Crippen LogP) is -0.529. The first-order chi connectivity index (χ1) is 8.48. The fourth-order valence-corrected chi connectivity index (χ4v) is 3.49. The molecule has 0 radical (unpaired) electrons. The number of nitrogens with zero attached hydrogens (tertiary/aromatic N) is 1. The Morgan fingerprint density at radius 1 is 1.11 bits per heavy atom. The molecule has 0 aromatic rings. The summed E-state index contributed by atoms with van der Waals surface area (Å²) in [6.45, 7) is -0.214. The first kappa shape index (κ1) is 16.2. The summed E-state index contributed by atoms with van der Waals surface area (Å²) in [7, 11) is -9.47. The molecule has 0 unspecified atom stereocenters. The molecule has 0 aliphatic carbocycles. The Morgan fingerprint density at radius 3 is 2.00 bits per heavy atom. The van der Waals surface area contributed by atoms with Crippen molar-refractivity contribution >= 4 is 26.0 Å². The SMILES string of the molecule is CS(=O)(=O)NC(=O)C(F)(F)S(=O)(=O)N1CCCCC1. The number of carbonyl (C=O) groups is 1. The fourth-order valence-electron chi connectivity index (χ4n) is 1.61. The molecule has 1 aliphatic rings. The number of halogens is 2. The van der Waals surface area contributed by atoms with Crippen LogP contribution in [0.5, 0.6) is 0 Å². The Morgan fingerprint density at radius 2 is 1.58 bits per heavy atom. The highest BCUT2D eigenvalue weighted by Crippen LogP contribution is 2.28. The molecule has 1 saturated heterocycles. The lowest BCUT2D eigenvalue weighted by Crippen LogP contribution is -2.54. The fraction of sp³-hybridized carbons (Fsp3) is 0.875. The van der Waals surface area contributed by atoms with E-state index in [1.54, 1.807) is 0 Å². The highest BCUT2D eigenvalue weighted by molar-refractivity contribution is 7.91. The minimum atomic E-state index is -5.21. The van der Waals surface area contributed by atoms with Gasteiger partial charge in [0.15, 0.2) is 0 Å². The standard InChI is InChI=1S/C8H14F2N2O5S2/c1-18(14,15)11-7(13)8(9,10)19(16,17)12-5-3-2-4-6-12/h2-6H2,1H3,(H,11,13). The first-order valence-corrected chi connectivity index (χ1v) is 8.71. The Bertz CT molecular complexity index is 552. The minimum absolute atomic E-state index is 0.107. The third kappa shape index (κ3) is 3.60. The highest BCUT2D eigenvalue weighted by atomic mass is 32.2. The van der Waals surface area contributed by atoms with E-state index in [0.717, 1.165) is 4.72 Å². The molecule has 0 spiro atoms. The molecule has 0 atom stereocenters. The number of alkyl halides is 2. The van der Waals surface area contributed by atoms with E-state index in [-0.39, 0.29) is 13.1 Å². The van der Waals surface area contributed by atoms with Gasteiger partial charge in [0.2, 0.25) is 10.0 Å². The zero-order chi connectivity index (χ0) is 14.9. The lowest BCUT2D eigenvalue weighted by Gasteiger charge is -2.28. The smallest absolute Gasteiger partial charge is 0.266 e. The summed E-state index contributed by atoms with van der Waals surface area (Å²) in [6.07, 6.45) is 2.04. The third-order valence-corrected chi connectivity index (χ3v) is 4.96. The van der Waals surface area contributed by atoms with Crippen LogP contribution in [0.2, 0.25) is 0 Å². The Balaban J connectivity index is 3.00. The molecular formula is C8H14F2N2O5S2. The maximum absolute atomic E-state index is 13.6. The van der Waals surface area contributed by atoms with Crippen LogP contribution >= 0.6 is 0 Å². The molecule has 11 heteroatoms. The molecular weight excluding hydrogens is 306 g/mol. The lowest BCUT2D eigenvalue weighted by atomic mass is 10.2. The topological polar surface area (TPSA) is 101 Å². The van der Waals surface area contributed by atoms with Crippen LogP contribution < -0.4 is 4.72 Å². The number of piperidine rings is 1. The molecule has 0 aromatic carbocycles. The van der Waals surface area contributed by atoms with Crippen LogP contribution in [0.25, 0.3) is 0 Å². The number of sulfonamides is 2. The van der Waals surface area contributed by atoms with Gasteiger partial charge < -0.3 is 0 Å². The van der Waals surface area contributed by atoms with Gasteiger partial charge in [0, 0.05) is 13.1 Å². The van der Waals surface area contributed by atoms with Crippen LogP contribution in [0.15, 0.2) is 0 Å². The second kappa shape index (κ2) is 5.29. The second-order valence-corrected chi connectivity index (χ2v) is 7.91. The van der Waals surface area contributed by atoms with Gasteiger partial charge in [-0.25, -0.2) is 21.6 Å².